The normalized spacial score (nSPS) is 12.3. The summed E-state index contributed by atoms with van der Waals surface area (Å²) < 4.78 is 2.33. The summed E-state index contributed by atoms with van der Waals surface area (Å²) in [5, 5.41) is 3.13. The summed E-state index contributed by atoms with van der Waals surface area (Å²) in [4.78, 5) is 17.0. The average Bonchev–Trinajstić information content (AvgIpc) is 3.22. The van der Waals surface area contributed by atoms with Gasteiger partial charge in [-0.1, -0.05) is 122 Å². The van der Waals surface area contributed by atoms with Crippen molar-refractivity contribution < 1.29 is 4.79 Å². The fourth-order valence-electron chi connectivity index (χ4n) is 5.08. The molecule has 1 heterocycles. The minimum atomic E-state index is -0.0671. The number of nitrogens with zero attached hydrogens (tertiary/aromatic N) is 2. The topological polar surface area (TPSA) is 46.9 Å². The van der Waals surface area contributed by atoms with E-state index in [1.165, 1.54) is 108 Å². The van der Waals surface area contributed by atoms with Crippen molar-refractivity contribution in [3.05, 3.63) is 30.1 Å². The van der Waals surface area contributed by atoms with Crippen LogP contribution < -0.4 is 5.32 Å². The molecule has 198 valence electrons. The lowest BCUT2D eigenvalue weighted by molar-refractivity contribution is -0.121. The number of fused-ring (bicyclic) bond motifs is 1. The van der Waals surface area contributed by atoms with Crippen molar-refractivity contribution in [2.24, 2.45) is 0 Å². The third-order valence-electron chi connectivity index (χ3n) is 7.16. The fourth-order valence-corrected chi connectivity index (χ4v) is 5.08. The summed E-state index contributed by atoms with van der Waals surface area (Å²) in [5.74, 6) is 1.10. The smallest absolute Gasteiger partial charge is 0.220 e. The van der Waals surface area contributed by atoms with Crippen molar-refractivity contribution in [1.29, 1.82) is 0 Å². The lowest BCUT2D eigenvalue weighted by Gasteiger charge is -2.16. The second-order valence-corrected chi connectivity index (χ2v) is 10.5. The van der Waals surface area contributed by atoms with Gasteiger partial charge in [0.1, 0.15) is 5.82 Å². The molecule has 1 aromatic heterocycles. The molecule has 0 bridgehead atoms. The van der Waals surface area contributed by atoms with E-state index in [9.17, 15) is 4.79 Å². The standard InChI is InChI=1S/C31H53N3O/c1-4-6-7-8-9-10-11-12-13-14-15-16-17-18-19-22-26-34-29-25-21-20-24-28(29)33-31(34)27(3)32-30(35)23-5-2/h20-21,24-25,27H,4-19,22-23,26H2,1-3H3,(H,32,35). The van der Waals surface area contributed by atoms with Crippen molar-refractivity contribution >= 4 is 16.9 Å². The number of unbranched alkanes of at least 4 members (excludes halogenated alkanes) is 15. The number of para-hydroxylation sites is 2. The maximum atomic E-state index is 12.1. The number of benzene rings is 1. The first-order chi connectivity index (χ1) is 17.2. The quantitative estimate of drug-likeness (QED) is 0.180. The molecular formula is C31H53N3O. The number of carbonyl (C=O) groups is 1. The molecule has 35 heavy (non-hydrogen) atoms. The Hall–Kier alpha value is -1.84. The van der Waals surface area contributed by atoms with Crippen molar-refractivity contribution in [3.63, 3.8) is 0 Å². The van der Waals surface area contributed by atoms with Crippen molar-refractivity contribution in [3.8, 4) is 0 Å². The number of aromatic nitrogens is 2. The monoisotopic (exact) mass is 483 g/mol. The van der Waals surface area contributed by atoms with Gasteiger partial charge in [0, 0.05) is 13.0 Å². The van der Waals surface area contributed by atoms with Crippen LogP contribution in [0, 0.1) is 0 Å². The molecule has 0 spiro atoms. The van der Waals surface area contributed by atoms with Crippen molar-refractivity contribution in [1.82, 2.24) is 14.9 Å². The van der Waals surface area contributed by atoms with Crippen LogP contribution in [0.2, 0.25) is 0 Å². The molecule has 0 aliphatic rings. The molecule has 0 fully saturated rings. The van der Waals surface area contributed by atoms with E-state index < -0.39 is 0 Å². The first-order valence-electron chi connectivity index (χ1n) is 14.9. The van der Waals surface area contributed by atoms with Crippen LogP contribution in [0.3, 0.4) is 0 Å². The molecule has 2 aromatic rings. The van der Waals surface area contributed by atoms with E-state index >= 15 is 0 Å². The molecule has 0 radical (unpaired) electrons. The largest absolute Gasteiger partial charge is 0.346 e. The van der Waals surface area contributed by atoms with E-state index in [2.05, 4.69) is 41.9 Å². The number of amides is 1. The van der Waals surface area contributed by atoms with Gasteiger partial charge in [-0.25, -0.2) is 4.98 Å². The van der Waals surface area contributed by atoms with E-state index in [-0.39, 0.29) is 11.9 Å². The molecule has 1 N–H and O–H groups in total. The number of nitrogens with one attached hydrogen (secondary N) is 1. The third kappa shape index (κ3) is 11.6. The van der Waals surface area contributed by atoms with Crippen LogP contribution in [0.1, 0.15) is 148 Å². The van der Waals surface area contributed by atoms with Gasteiger partial charge in [0.15, 0.2) is 0 Å². The van der Waals surface area contributed by atoms with E-state index in [0.29, 0.717) is 6.42 Å². The molecule has 0 aliphatic heterocycles. The molecule has 0 aliphatic carbocycles. The molecule has 1 unspecified atom stereocenters. The Morgan fingerprint density at radius 1 is 0.771 bits per heavy atom. The van der Waals surface area contributed by atoms with Gasteiger partial charge in [-0.3, -0.25) is 4.79 Å². The molecule has 4 nitrogen and oxygen atoms in total. The van der Waals surface area contributed by atoms with Gasteiger partial charge < -0.3 is 9.88 Å². The zero-order valence-corrected chi connectivity index (χ0v) is 23.1. The molecular weight excluding hydrogens is 430 g/mol. The third-order valence-corrected chi connectivity index (χ3v) is 7.16. The molecule has 2 rings (SSSR count). The molecule has 1 amide bonds. The number of carbonyl (C=O) groups excluding carboxylic acids is 1. The highest BCUT2D eigenvalue weighted by molar-refractivity contribution is 5.78. The lowest BCUT2D eigenvalue weighted by Crippen LogP contribution is -2.28. The molecule has 0 saturated carbocycles. The Kier molecular flexibility index (Phi) is 15.5. The first-order valence-corrected chi connectivity index (χ1v) is 14.9. The summed E-state index contributed by atoms with van der Waals surface area (Å²) in [6.07, 6.45) is 23.6. The maximum Gasteiger partial charge on any atom is 0.220 e. The molecule has 1 atom stereocenters. The zero-order valence-electron chi connectivity index (χ0n) is 23.1. The number of imidazole rings is 1. The van der Waals surface area contributed by atoms with E-state index in [1.807, 2.05) is 13.0 Å². The Morgan fingerprint density at radius 3 is 1.83 bits per heavy atom. The van der Waals surface area contributed by atoms with E-state index in [4.69, 9.17) is 4.98 Å². The minimum absolute atomic E-state index is 0.0671. The van der Waals surface area contributed by atoms with E-state index in [1.54, 1.807) is 0 Å². The predicted octanol–water partition coefficient (Wildman–Crippen LogP) is 9.28. The van der Waals surface area contributed by atoms with Gasteiger partial charge in [0.25, 0.3) is 0 Å². The van der Waals surface area contributed by atoms with Crippen molar-refractivity contribution in [2.45, 2.75) is 149 Å². The number of hydrogen-bond donors (Lipinski definition) is 1. The second kappa shape index (κ2) is 18.4. The van der Waals surface area contributed by atoms with Crippen LogP contribution in [0.5, 0.6) is 0 Å². The van der Waals surface area contributed by atoms with Crippen molar-refractivity contribution in [2.75, 3.05) is 0 Å². The van der Waals surface area contributed by atoms with Crippen LogP contribution in [0.4, 0.5) is 0 Å². The van der Waals surface area contributed by atoms with E-state index in [0.717, 1.165) is 24.3 Å². The summed E-state index contributed by atoms with van der Waals surface area (Å²) in [7, 11) is 0. The molecule has 4 heteroatoms. The first kappa shape index (κ1) is 29.4. The van der Waals surface area contributed by atoms with Gasteiger partial charge in [-0.05, 0) is 31.9 Å². The van der Waals surface area contributed by atoms with Gasteiger partial charge in [0.2, 0.25) is 5.91 Å². The number of rotatable bonds is 21. The fraction of sp³-hybridized carbons (Fsp3) is 0.742. The van der Waals surface area contributed by atoms with Gasteiger partial charge in [0.05, 0.1) is 17.1 Å². The Morgan fingerprint density at radius 2 is 1.29 bits per heavy atom. The number of aryl methyl sites for hydroxylation is 1. The van der Waals surface area contributed by atoms with Crippen LogP contribution >= 0.6 is 0 Å². The summed E-state index contributed by atoms with van der Waals surface area (Å²) in [6, 6.07) is 8.28. The average molecular weight is 484 g/mol. The summed E-state index contributed by atoms with van der Waals surface area (Å²) in [5.41, 5.74) is 2.20. The minimum Gasteiger partial charge on any atom is -0.346 e. The van der Waals surface area contributed by atoms with Gasteiger partial charge >= 0.3 is 0 Å². The van der Waals surface area contributed by atoms with Crippen LogP contribution in [-0.2, 0) is 11.3 Å². The molecule has 1 aromatic carbocycles. The summed E-state index contributed by atoms with van der Waals surface area (Å²) in [6.45, 7) is 7.36. The zero-order chi connectivity index (χ0) is 25.1. The van der Waals surface area contributed by atoms with Gasteiger partial charge in [-0.2, -0.15) is 0 Å². The highest BCUT2D eigenvalue weighted by Crippen LogP contribution is 2.22. The Labute approximate surface area is 215 Å². The highest BCUT2D eigenvalue weighted by atomic mass is 16.1. The van der Waals surface area contributed by atoms with Crippen LogP contribution in [0.15, 0.2) is 24.3 Å². The van der Waals surface area contributed by atoms with Crippen LogP contribution in [-0.4, -0.2) is 15.5 Å². The Bertz CT molecular complexity index is 813. The Balaban J connectivity index is 1.59. The second-order valence-electron chi connectivity index (χ2n) is 10.5. The predicted molar refractivity (Wildman–Crippen MR) is 151 cm³/mol. The maximum absolute atomic E-state index is 12.1. The highest BCUT2D eigenvalue weighted by Gasteiger charge is 2.17. The summed E-state index contributed by atoms with van der Waals surface area (Å²) >= 11 is 0. The lowest BCUT2D eigenvalue weighted by atomic mass is 10.0. The number of hydrogen-bond acceptors (Lipinski definition) is 2. The SMILES string of the molecule is CCCCCCCCCCCCCCCCCCn1c(C(C)NC(=O)CCC)nc2ccccc21. The molecule has 0 saturated heterocycles. The van der Waals surface area contributed by atoms with Crippen LogP contribution in [0.25, 0.3) is 11.0 Å². The van der Waals surface area contributed by atoms with Gasteiger partial charge in [-0.15, -0.1) is 0 Å².